The van der Waals surface area contributed by atoms with Crippen molar-refractivity contribution in [3.8, 4) is 0 Å². The van der Waals surface area contributed by atoms with Gasteiger partial charge in [-0.1, -0.05) is 11.6 Å². The highest BCUT2D eigenvalue weighted by molar-refractivity contribution is 7.15. The number of carbonyl (C=O) groups is 1. The predicted octanol–water partition coefficient (Wildman–Crippen LogP) is 3.25. The Hall–Kier alpha value is -1.66. The van der Waals surface area contributed by atoms with Crippen LogP contribution in [-0.2, 0) is 6.54 Å². The van der Waals surface area contributed by atoms with Crippen molar-refractivity contribution in [3.63, 3.8) is 0 Å². The first-order valence-corrected chi connectivity index (χ1v) is 6.12. The maximum absolute atomic E-state index is 13.2. The minimum Gasteiger partial charge on any atom is -0.478 e. The molecule has 0 saturated carbocycles. The van der Waals surface area contributed by atoms with Crippen molar-refractivity contribution in [1.29, 1.82) is 0 Å². The Morgan fingerprint density at radius 3 is 2.94 bits per heavy atom. The molecular formula is C11H8ClFN2O2S. The van der Waals surface area contributed by atoms with Gasteiger partial charge in [-0.25, -0.2) is 14.2 Å². The highest BCUT2D eigenvalue weighted by Gasteiger charge is 2.10. The molecule has 0 unspecified atom stereocenters. The lowest BCUT2D eigenvalue weighted by Crippen LogP contribution is -2.03. The van der Waals surface area contributed by atoms with E-state index in [0.29, 0.717) is 16.7 Å². The highest BCUT2D eigenvalue weighted by Crippen LogP contribution is 2.20. The summed E-state index contributed by atoms with van der Waals surface area (Å²) in [5.74, 6) is -2.05. The average Bonchev–Trinajstić information content (AvgIpc) is 2.74. The second-order valence-electron chi connectivity index (χ2n) is 3.43. The van der Waals surface area contributed by atoms with Gasteiger partial charge < -0.3 is 10.4 Å². The Labute approximate surface area is 111 Å². The molecule has 1 aromatic heterocycles. The third kappa shape index (κ3) is 2.96. The molecule has 0 saturated heterocycles. The minimum absolute atomic E-state index is 0.359. The molecule has 0 bridgehead atoms. The Morgan fingerprint density at radius 1 is 1.56 bits per heavy atom. The molecule has 7 heteroatoms. The van der Waals surface area contributed by atoms with Crippen molar-refractivity contribution >= 4 is 34.6 Å². The molecule has 4 nitrogen and oxygen atoms in total. The van der Waals surface area contributed by atoms with E-state index < -0.39 is 11.8 Å². The molecule has 1 heterocycles. The summed E-state index contributed by atoms with van der Waals surface area (Å²) in [5.41, 5.74) is 0.167. The normalized spacial score (nSPS) is 10.3. The molecule has 0 atom stereocenters. The van der Waals surface area contributed by atoms with Crippen LogP contribution in [0.5, 0.6) is 0 Å². The van der Waals surface area contributed by atoms with Crippen molar-refractivity contribution in [2.24, 2.45) is 0 Å². The summed E-state index contributed by atoms with van der Waals surface area (Å²) in [6.07, 6.45) is 1.63. The van der Waals surface area contributed by atoms with Gasteiger partial charge in [0.2, 0.25) is 0 Å². The second kappa shape index (κ2) is 5.32. The zero-order chi connectivity index (χ0) is 13.1. The van der Waals surface area contributed by atoms with E-state index in [4.69, 9.17) is 16.7 Å². The fourth-order valence-electron chi connectivity index (χ4n) is 1.35. The Balaban J connectivity index is 2.10. The largest absolute Gasteiger partial charge is 0.478 e. The van der Waals surface area contributed by atoms with Crippen LogP contribution in [0.25, 0.3) is 0 Å². The molecule has 94 valence electrons. The van der Waals surface area contributed by atoms with Gasteiger partial charge in [0.15, 0.2) is 4.47 Å². The summed E-state index contributed by atoms with van der Waals surface area (Å²) in [4.78, 5) is 15.5. The number of nitrogens with zero attached hydrogens (tertiary/aromatic N) is 1. The molecule has 2 N–H and O–H groups in total. The number of anilines is 1. The van der Waals surface area contributed by atoms with Crippen LogP contribution in [0.2, 0.25) is 4.47 Å². The fraction of sp³-hybridized carbons (Fsp3) is 0.0909. The highest BCUT2D eigenvalue weighted by atomic mass is 35.5. The lowest BCUT2D eigenvalue weighted by molar-refractivity contribution is 0.0692. The van der Waals surface area contributed by atoms with Gasteiger partial charge in [-0.2, -0.15) is 0 Å². The monoisotopic (exact) mass is 286 g/mol. The third-order valence-corrected chi connectivity index (χ3v) is 3.30. The number of aromatic carboxylic acids is 1. The third-order valence-electron chi connectivity index (χ3n) is 2.19. The summed E-state index contributed by atoms with van der Waals surface area (Å²) in [6, 6.07) is 3.84. The van der Waals surface area contributed by atoms with Crippen LogP contribution in [0.1, 0.15) is 15.2 Å². The Kier molecular flexibility index (Phi) is 3.78. The van der Waals surface area contributed by atoms with Gasteiger partial charge in [-0.3, -0.25) is 0 Å². The molecule has 2 aromatic rings. The molecule has 0 spiro atoms. The van der Waals surface area contributed by atoms with Gasteiger partial charge in [0, 0.05) is 16.8 Å². The minimum atomic E-state index is -1.29. The quantitative estimate of drug-likeness (QED) is 0.906. The number of benzene rings is 1. The van der Waals surface area contributed by atoms with E-state index in [0.717, 1.165) is 10.9 Å². The molecule has 2 rings (SSSR count). The van der Waals surface area contributed by atoms with Crippen LogP contribution in [0, 0.1) is 5.82 Å². The lowest BCUT2D eigenvalue weighted by atomic mass is 10.2. The Bertz CT molecular complexity index is 588. The van der Waals surface area contributed by atoms with E-state index in [1.165, 1.54) is 23.5 Å². The van der Waals surface area contributed by atoms with Crippen molar-refractivity contribution in [3.05, 3.63) is 45.1 Å². The van der Waals surface area contributed by atoms with Gasteiger partial charge in [0.1, 0.15) is 5.82 Å². The molecule has 1 aromatic carbocycles. The maximum atomic E-state index is 13.2. The zero-order valence-electron chi connectivity index (χ0n) is 8.98. The Morgan fingerprint density at radius 2 is 2.33 bits per heavy atom. The number of carboxylic acids is 1. The topological polar surface area (TPSA) is 62.2 Å². The predicted molar refractivity (Wildman–Crippen MR) is 67.8 cm³/mol. The van der Waals surface area contributed by atoms with Gasteiger partial charge in [0.25, 0.3) is 0 Å². The van der Waals surface area contributed by atoms with Crippen LogP contribution in [0.4, 0.5) is 10.1 Å². The van der Waals surface area contributed by atoms with E-state index in [2.05, 4.69) is 10.3 Å². The van der Waals surface area contributed by atoms with Crippen LogP contribution in [0.15, 0.2) is 24.4 Å². The van der Waals surface area contributed by atoms with Gasteiger partial charge in [0.05, 0.1) is 12.1 Å². The number of aromatic nitrogens is 1. The summed E-state index contributed by atoms with van der Waals surface area (Å²) in [7, 11) is 0. The van der Waals surface area contributed by atoms with Gasteiger partial charge in [-0.05, 0) is 18.2 Å². The van der Waals surface area contributed by atoms with Crippen molar-refractivity contribution in [2.45, 2.75) is 6.54 Å². The first kappa shape index (κ1) is 12.8. The molecule has 0 aliphatic heterocycles. The van der Waals surface area contributed by atoms with Crippen LogP contribution < -0.4 is 5.32 Å². The van der Waals surface area contributed by atoms with E-state index in [1.807, 2.05) is 0 Å². The number of rotatable bonds is 4. The van der Waals surface area contributed by atoms with Crippen molar-refractivity contribution in [2.75, 3.05) is 5.32 Å². The number of carboxylic acid groups (broad SMARTS) is 1. The van der Waals surface area contributed by atoms with Crippen LogP contribution in [-0.4, -0.2) is 16.1 Å². The standard InChI is InChI=1S/C11H8ClFN2O2S/c12-11-15-5-7(18-11)4-14-6-1-2-9(13)8(3-6)10(16)17/h1-3,5,14H,4H2,(H,16,17). The van der Waals surface area contributed by atoms with Gasteiger partial charge >= 0.3 is 5.97 Å². The average molecular weight is 287 g/mol. The maximum Gasteiger partial charge on any atom is 0.338 e. The van der Waals surface area contributed by atoms with Crippen LogP contribution in [0.3, 0.4) is 0 Å². The van der Waals surface area contributed by atoms with E-state index in [1.54, 1.807) is 6.20 Å². The SMILES string of the molecule is O=C(O)c1cc(NCc2cnc(Cl)s2)ccc1F. The molecule has 0 aliphatic rings. The van der Waals surface area contributed by atoms with Crippen molar-refractivity contribution < 1.29 is 14.3 Å². The molecule has 0 radical (unpaired) electrons. The van der Waals surface area contributed by atoms with E-state index in [-0.39, 0.29) is 5.56 Å². The number of nitrogens with one attached hydrogen (secondary N) is 1. The number of hydrogen-bond donors (Lipinski definition) is 2. The summed E-state index contributed by atoms with van der Waals surface area (Å²) in [6.45, 7) is 0.453. The van der Waals surface area contributed by atoms with Gasteiger partial charge in [-0.15, -0.1) is 11.3 Å². The van der Waals surface area contributed by atoms with Crippen molar-refractivity contribution in [1.82, 2.24) is 4.98 Å². The lowest BCUT2D eigenvalue weighted by Gasteiger charge is -2.06. The zero-order valence-corrected chi connectivity index (χ0v) is 10.6. The molecule has 0 fully saturated rings. The first-order valence-electron chi connectivity index (χ1n) is 4.93. The van der Waals surface area contributed by atoms with E-state index >= 15 is 0 Å². The number of thiazole rings is 1. The molecule has 0 aliphatic carbocycles. The number of halogens is 2. The first-order chi connectivity index (χ1) is 8.56. The molecular weight excluding hydrogens is 279 g/mol. The summed E-state index contributed by atoms with van der Waals surface area (Å²) < 4.78 is 13.6. The molecule has 18 heavy (non-hydrogen) atoms. The van der Waals surface area contributed by atoms with Crippen LogP contribution >= 0.6 is 22.9 Å². The molecule has 0 amide bonds. The smallest absolute Gasteiger partial charge is 0.338 e. The summed E-state index contributed by atoms with van der Waals surface area (Å²) in [5, 5.41) is 11.8. The fourth-order valence-corrected chi connectivity index (χ4v) is 2.27. The number of hydrogen-bond acceptors (Lipinski definition) is 4. The summed E-state index contributed by atoms with van der Waals surface area (Å²) >= 11 is 7.00. The second-order valence-corrected chi connectivity index (χ2v) is 5.13. The van der Waals surface area contributed by atoms with E-state index in [9.17, 15) is 9.18 Å².